The number of carbonyl (C=O) groups excluding carboxylic acids is 1. The molecule has 1 heterocycles. The Morgan fingerprint density at radius 3 is 2.19 bits per heavy atom. The number of nitrogens with one attached hydrogen (secondary N) is 1. The maximum absolute atomic E-state index is 13.2. The number of aliphatic hydroxyl groups excluding tert-OH is 1. The lowest BCUT2D eigenvalue weighted by Gasteiger charge is -2.20. The summed E-state index contributed by atoms with van der Waals surface area (Å²) in [5, 5.41) is 29.4. The second-order valence-corrected chi connectivity index (χ2v) is 12.4. The van der Waals surface area contributed by atoms with Crippen molar-refractivity contribution in [1.29, 1.82) is 10.0 Å². The Bertz CT molecular complexity index is 1120. The van der Waals surface area contributed by atoms with Crippen LogP contribution >= 0.6 is 11.3 Å². The van der Waals surface area contributed by atoms with E-state index in [9.17, 15) is 24.5 Å². The van der Waals surface area contributed by atoms with Crippen LogP contribution in [0, 0.1) is 16.1 Å². The molecule has 3 N–H and O–H groups in total. The standard InChI is InChI=1S/C23H31N3O4S2/c1-13(2)17-7-15(10-24)8-18(14(3)4)19(17)9-16(28)12-32(25,30)21-20(11-27)26-22(31-21)23(5,6)29/h7-8,13-14,25,27,29H,9,11-12H2,1-6H3. The Labute approximate surface area is 194 Å². The summed E-state index contributed by atoms with van der Waals surface area (Å²) in [4.78, 5) is 17.1. The van der Waals surface area contributed by atoms with Gasteiger partial charge in [-0.3, -0.25) is 4.79 Å². The Morgan fingerprint density at radius 1 is 1.25 bits per heavy atom. The van der Waals surface area contributed by atoms with Gasteiger partial charge in [-0.1, -0.05) is 27.7 Å². The smallest absolute Gasteiger partial charge is 0.151 e. The Balaban J connectivity index is 2.43. The van der Waals surface area contributed by atoms with Crippen molar-refractivity contribution < 1.29 is 19.2 Å². The zero-order chi connectivity index (χ0) is 24.4. The van der Waals surface area contributed by atoms with Gasteiger partial charge in [0.2, 0.25) is 0 Å². The van der Waals surface area contributed by atoms with Crippen LogP contribution in [-0.4, -0.2) is 30.9 Å². The van der Waals surface area contributed by atoms with E-state index in [2.05, 4.69) is 11.1 Å². The highest BCUT2D eigenvalue weighted by Gasteiger charge is 2.29. The van der Waals surface area contributed by atoms with Crippen molar-refractivity contribution in [3.05, 3.63) is 45.1 Å². The van der Waals surface area contributed by atoms with Crippen molar-refractivity contribution in [2.75, 3.05) is 5.75 Å². The molecule has 0 aliphatic heterocycles. The van der Waals surface area contributed by atoms with E-state index in [4.69, 9.17) is 4.78 Å². The Morgan fingerprint density at radius 2 is 1.78 bits per heavy atom. The number of aromatic nitrogens is 1. The number of benzene rings is 1. The normalized spacial score (nSPS) is 13.9. The lowest BCUT2D eigenvalue weighted by molar-refractivity contribution is -0.116. The fourth-order valence-corrected chi connectivity index (χ4v) is 6.45. The van der Waals surface area contributed by atoms with Gasteiger partial charge in [-0.05, 0) is 54.5 Å². The van der Waals surface area contributed by atoms with Crippen LogP contribution in [0.15, 0.2) is 16.3 Å². The van der Waals surface area contributed by atoms with Gasteiger partial charge in [0.1, 0.15) is 14.8 Å². The third kappa shape index (κ3) is 5.81. The molecule has 1 aromatic carbocycles. The zero-order valence-corrected chi connectivity index (χ0v) is 21.0. The molecular weight excluding hydrogens is 446 g/mol. The molecule has 0 fully saturated rings. The highest BCUT2D eigenvalue weighted by atomic mass is 32.2. The molecule has 0 bridgehead atoms. The fourth-order valence-electron chi connectivity index (χ4n) is 3.51. The van der Waals surface area contributed by atoms with Gasteiger partial charge in [-0.15, -0.1) is 11.3 Å². The van der Waals surface area contributed by atoms with Crippen LogP contribution in [0.3, 0.4) is 0 Å². The van der Waals surface area contributed by atoms with Crippen molar-refractivity contribution in [2.45, 2.75) is 76.2 Å². The SMILES string of the molecule is CC(C)c1cc(C#N)cc(C(C)C)c1CC(=O)CS(=N)(=O)c1sc(C(C)(C)O)nc1CO. The minimum atomic E-state index is -3.56. The van der Waals surface area contributed by atoms with Gasteiger partial charge >= 0.3 is 0 Å². The topological polar surface area (TPSA) is 135 Å². The van der Waals surface area contributed by atoms with Crippen molar-refractivity contribution in [3.8, 4) is 6.07 Å². The summed E-state index contributed by atoms with van der Waals surface area (Å²) in [6.45, 7) is 10.5. The Kier molecular flexibility index (Phi) is 8.00. The summed E-state index contributed by atoms with van der Waals surface area (Å²) in [5.74, 6) is -0.704. The quantitative estimate of drug-likeness (QED) is 0.495. The minimum Gasteiger partial charge on any atom is -0.390 e. The number of hydrogen-bond acceptors (Lipinski definition) is 8. The van der Waals surface area contributed by atoms with Gasteiger partial charge in [-0.25, -0.2) is 14.0 Å². The molecule has 2 aromatic rings. The molecule has 9 heteroatoms. The number of thiazole rings is 1. The number of nitriles is 1. The average molecular weight is 478 g/mol. The number of rotatable bonds is 9. The molecule has 0 amide bonds. The van der Waals surface area contributed by atoms with Crippen molar-refractivity contribution >= 4 is 26.8 Å². The van der Waals surface area contributed by atoms with Crippen molar-refractivity contribution in [3.63, 3.8) is 0 Å². The molecule has 1 unspecified atom stereocenters. The van der Waals surface area contributed by atoms with E-state index >= 15 is 0 Å². The van der Waals surface area contributed by atoms with Gasteiger partial charge in [-0.2, -0.15) is 5.26 Å². The van der Waals surface area contributed by atoms with Gasteiger partial charge in [0.05, 0.1) is 39.4 Å². The monoisotopic (exact) mass is 477 g/mol. The summed E-state index contributed by atoms with van der Waals surface area (Å²) in [6, 6.07) is 5.76. The fraction of sp³-hybridized carbons (Fsp3) is 0.522. The second-order valence-electron chi connectivity index (χ2n) is 9.06. The first kappa shape index (κ1) is 26.1. The first-order chi connectivity index (χ1) is 14.7. The number of carbonyl (C=O) groups is 1. The molecule has 0 aliphatic carbocycles. The van der Waals surface area contributed by atoms with Crippen LogP contribution in [0.5, 0.6) is 0 Å². The van der Waals surface area contributed by atoms with Crippen LogP contribution in [0.1, 0.15) is 86.3 Å². The number of aliphatic hydroxyl groups is 2. The molecule has 0 spiro atoms. The molecule has 0 saturated heterocycles. The van der Waals surface area contributed by atoms with Crippen molar-refractivity contribution in [1.82, 2.24) is 4.98 Å². The van der Waals surface area contributed by atoms with E-state index in [0.29, 0.717) is 5.56 Å². The van der Waals surface area contributed by atoms with E-state index in [0.717, 1.165) is 28.0 Å². The number of nitrogens with zero attached hydrogens (tertiary/aromatic N) is 2. The summed E-state index contributed by atoms with van der Waals surface area (Å²) >= 11 is 0.895. The van der Waals surface area contributed by atoms with Crippen LogP contribution in [0.25, 0.3) is 0 Å². The van der Waals surface area contributed by atoms with E-state index in [1.165, 1.54) is 13.8 Å². The lowest BCUT2D eigenvalue weighted by atomic mass is 9.85. The predicted molar refractivity (Wildman–Crippen MR) is 125 cm³/mol. The highest BCUT2D eigenvalue weighted by molar-refractivity contribution is 7.95. The molecule has 2 rings (SSSR count). The minimum absolute atomic E-state index is 0.00815. The highest BCUT2D eigenvalue weighted by Crippen LogP contribution is 2.33. The second kappa shape index (κ2) is 9.79. The summed E-state index contributed by atoms with van der Waals surface area (Å²) in [5.41, 5.74) is 1.90. The van der Waals surface area contributed by atoms with Crippen LogP contribution in [0.2, 0.25) is 0 Å². The van der Waals surface area contributed by atoms with Gasteiger partial charge < -0.3 is 10.2 Å². The average Bonchev–Trinajstić information content (AvgIpc) is 3.13. The van der Waals surface area contributed by atoms with Crippen molar-refractivity contribution in [2.24, 2.45) is 0 Å². The van der Waals surface area contributed by atoms with E-state index in [1.807, 2.05) is 27.7 Å². The molecule has 0 saturated carbocycles. The van der Waals surface area contributed by atoms with Crippen LogP contribution in [-0.2, 0) is 33.2 Å². The molecule has 32 heavy (non-hydrogen) atoms. The van der Waals surface area contributed by atoms with Crippen LogP contribution < -0.4 is 0 Å². The van der Waals surface area contributed by atoms with E-state index in [-0.39, 0.29) is 39.0 Å². The van der Waals surface area contributed by atoms with Gasteiger partial charge in [0.15, 0.2) is 5.78 Å². The maximum atomic E-state index is 13.2. The maximum Gasteiger partial charge on any atom is 0.151 e. The predicted octanol–water partition coefficient (Wildman–Crippen LogP) is 4.20. The summed E-state index contributed by atoms with van der Waals surface area (Å²) in [6.07, 6.45) is 0.00815. The molecule has 0 aliphatic rings. The number of ketones is 1. The third-order valence-corrected chi connectivity index (χ3v) is 8.89. The van der Waals surface area contributed by atoms with E-state index in [1.54, 1.807) is 12.1 Å². The van der Waals surface area contributed by atoms with Crippen LogP contribution in [0.4, 0.5) is 0 Å². The summed E-state index contributed by atoms with van der Waals surface area (Å²) in [7, 11) is -3.56. The van der Waals surface area contributed by atoms with Gasteiger partial charge in [0.25, 0.3) is 0 Å². The first-order valence-electron chi connectivity index (χ1n) is 10.4. The van der Waals surface area contributed by atoms with E-state index < -0.39 is 27.7 Å². The molecule has 7 nitrogen and oxygen atoms in total. The molecule has 1 atom stereocenters. The largest absolute Gasteiger partial charge is 0.390 e. The molecule has 1 aromatic heterocycles. The lowest BCUT2D eigenvalue weighted by Crippen LogP contribution is -2.19. The molecule has 174 valence electrons. The molecule has 0 radical (unpaired) electrons. The summed E-state index contributed by atoms with van der Waals surface area (Å²) < 4.78 is 21.7. The Hall–Kier alpha value is -2.12. The van der Waals surface area contributed by atoms with Gasteiger partial charge in [0, 0.05) is 6.42 Å². The number of Topliss-reactive ketones (excluding diaryl/α,β-unsaturated/α-hetero) is 1. The number of hydrogen-bond donors (Lipinski definition) is 3. The zero-order valence-electron chi connectivity index (χ0n) is 19.4. The third-order valence-electron chi connectivity index (χ3n) is 5.06. The molecular formula is C23H31N3O4S2. The first-order valence-corrected chi connectivity index (χ1v) is 12.9.